The van der Waals surface area contributed by atoms with Crippen molar-refractivity contribution in [3.05, 3.63) is 40.3 Å². The van der Waals surface area contributed by atoms with Crippen LogP contribution in [0.4, 0.5) is 5.69 Å². The Morgan fingerprint density at radius 1 is 1.27 bits per heavy atom. The highest BCUT2D eigenvalue weighted by Gasteiger charge is 2.29. The van der Waals surface area contributed by atoms with Crippen molar-refractivity contribution in [2.75, 3.05) is 19.6 Å². The molecule has 1 unspecified atom stereocenters. The van der Waals surface area contributed by atoms with Crippen LogP contribution in [0.2, 0.25) is 0 Å². The second-order valence-electron chi connectivity index (χ2n) is 7.73. The third-order valence-electron chi connectivity index (χ3n) is 5.65. The zero-order valence-corrected chi connectivity index (χ0v) is 17.5. The van der Waals surface area contributed by atoms with Gasteiger partial charge in [0.2, 0.25) is 17.7 Å². The maximum absolute atomic E-state index is 12.3. The molecule has 0 radical (unpaired) electrons. The molecule has 1 aromatic carbocycles. The highest BCUT2D eigenvalue weighted by Crippen LogP contribution is 2.28. The number of unbranched alkanes of at least 4 members (excludes halogenated alkanes) is 2. The van der Waals surface area contributed by atoms with Gasteiger partial charge in [0.1, 0.15) is 0 Å². The maximum atomic E-state index is 12.3. The van der Waals surface area contributed by atoms with Crippen molar-refractivity contribution in [3.63, 3.8) is 0 Å². The van der Waals surface area contributed by atoms with Gasteiger partial charge in [0, 0.05) is 30.2 Å². The van der Waals surface area contributed by atoms with Crippen LogP contribution in [0.5, 0.6) is 0 Å². The average Bonchev–Trinajstić information content (AvgIpc) is 3.26. The van der Waals surface area contributed by atoms with Crippen LogP contribution < -0.4 is 5.32 Å². The molecule has 2 heterocycles. The number of nitro benzene ring substituents is 1. The van der Waals surface area contributed by atoms with E-state index >= 15 is 0 Å². The molecule has 1 aliphatic rings. The van der Waals surface area contributed by atoms with Crippen LogP contribution in [-0.4, -0.2) is 45.6 Å². The van der Waals surface area contributed by atoms with E-state index in [0.29, 0.717) is 17.3 Å². The maximum Gasteiger partial charge on any atom is 0.269 e. The lowest BCUT2D eigenvalue weighted by Gasteiger charge is -2.34. The number of hydrogen-bond donors (Lipinski definition) is 1. The fourth-order valence-corrected chi connectivity index (χ4v) is 3.68. The highest BCUT2D eigenvalue weighted by atomic mass is 16.6. The Bertz CT molecular complexity index is 843. The largest absolute Gasteiger partial charge is 0.419 e. The monoisotopic (exact) mass is 415 g/mol. The molecular formula is C21H29N5O4. The van der Waals surface area contributed by atoms with Crippen LogP contribution >= 0.6 is 0 Å². The molecule has 30 heavy (non-hydrogen) atoms. The van der Waals surface area contributed by atoms with Crippen LogP contribution in [0.3, 0.4) is 0 Å². The van der Waals surface area contributed by atoms with Crippen LogP contribution in [0, 0.1) is 16.0 Å². The fraction of sp³-hybridized carbons (Fsp3) is 0.571. The number of carbonyl (C=O) groups is 1. The summed E-state index contributed by atoms with van der Waals surface area (Å²) >= 11 is 0. The Kier molecular flexibility index (Phi) is 7.51. The fourth-order valence-electron chi connectivity index (χ4n) is 3.68. The standard InChI is InChI=1S/C21H29N5O4/c1-3-4-5-12-22-19(27)16-10-13-25(14-11-16)15(2)20-23-24-21(30-20)17-6-8-18(9-7-17)26(28)29/h6-9,15-16H,3-5,10-14H2,1-2H3,(H,22,27). The normalized spacial score (nSPS) is 16.3. The number of amides is 1. The Morgan fingerprint density at radius 2 is 1.97 bits per heavy atom. The Labute approximate surface area is 176 Å². The van der Waals surface area contributed by atoms with Crippen LogP contribution in [0.25, 0.3) is 11.5 Å². The Hall–Kier alpha value is -2.81. The first-order chi connectivity index (χ1) is 14.5. The van der Waals surface area contributed by atoms with Gasteiger partial charge < -0.3 is 9.73 Å². The van der Waals surface area contributed by atoms with Gasteiger partial charge in [0.05, 0.1) is 11.0 Å². The van der Waals surface area contributed by atoms with E-state index < -0.39 is 4.92 Å². The van der Waals surface area contributed by atoms with E-state index in [4.69, 9.17) is 4.42 Å². The molecule has 1 aromatic heterocycles. The SMILES string of the molecule is CCCCCNC(=O)C1CCN(C(C)c2nnc(-c3ccc([N+](=O)[O-])cc3)o2)CC1. The van der Waals surface area contributed by atoms with Gasteiger partial charge in [-0.2, -0.15) is 0 Å². The molecule has 1 saturated heterocycles. The lowest BCUT2D eigenvalue weighted by Crippen LogP contribution is -2.41. The second kappa shape index (κ2) is 10.3. The van der Waals surface area contributed by atoms with Gasteiger partial charge in [-0.15, -0.1) is 10.2 Å². The summed E-state index contributed by atoms with van der Waals surface area (Å²) in [6.07, 6.45) is 4.95. The summed E-state index contributed by atoms with van der Waals surface area (Å²) in [5, 5.41) is 22.1. The molecule has 1 fully saturated rings. The Morgan fingerprint density at radius 3 is 2.60 bits per heavy atom. The van der Waals surface area contributed by atoms with Gasteiger partial charge in [0.15, 0.2) is 0 Å². The van der Waals surface area contributed by atoms with Crippen molar-refractivity contribution in [3.8, 4) is 11.5 Å². The smallest absolute Gasteiger partial charge is 0.269 e. The van der Waals surface area contributed by atoms with Crippen molar-refractivity contribution in [1.29, 1.82) is 0 Å². The number of benzene rings is 1. The second-order valence-corrected chi connectivity index (χ2v) is 7.73. The molecule has 1 N–H and O–H groups in total. The van der Waals surface area contributed by atoms with E-state index in [-0.39, 0.29) is 23.6 Å². The summed E-state index contributed by atoms with van der Waals surface area (Å²) in [6, 6.07) is 5.98. The van der Waals surface area contributed by atoms with E-state index in [1.54, 1.807) is 12.1 Å². The van der Waals surface area contributed by atoms with Gasteiger partial charge in [-0.25, -0.2) is 0 Å². The molecule has 0 spiro atoms. The van der Waals surface area contributed by atoms with Crippen LogP contribution in [0.1, 0.15) is 57.9 Å². The molecular weight excluding hydrogens is 386 g/mol. The van der Waals surface area contributed by atoms with E-state index in [1.165, 1.54) is 12.1 Å². The number of hydrogen-bond acceptors (Lipinski definition) is 7. The molecule has 162 valence electrons. The topological polar surface area (TPSA) is 114 Å². The molecule has 3 rings (SSSR count). The van der Waals surface area contributed by atoms with Crippen molar-refractivity contribution < 1.29 is 14.1 Å². The number of piperidine rings is 1. The molecule has 9 heteroatoms. The summed E-state index contributed by atoms with van der Waals surface area (Å²) in [5.74, 6) is 1.07. The number of likely N-dealkylation sites (tertiary alicyclic amines) is 1. The van der Waals surface area contributed by atoms with Crippen molar-refractivity contribution in [2.24, 2.45) is 5.92 Å². The summed E-state index contributed by atoms with van der Waals surface area (Å²) in [6.45, 7) is 6.51. The third-order valence-corrected chi connectivity index (χ3v) is 5.65. The lowest BCUT2D eigenvalue weighted by molar-refractivity contribution is -0.384. The zero-order chi connectivity index (χ0) is 21.5. The van der Waals surface area contributed by atoms with Crippen molar-refractivity contribution in [2.45, 2.75) is 52.0 Å². The lowest BCUT2D eigenvalue weighted by atomic mass is 9.95. The summed E-state index contributed by atoms with van der Waals surface area (Å²) in [4.78, 5) is 24.9. The van der Waals surface area contributed by atoms with Gasteiger partial charge in [0.25, 0.3) is 5.69 Å². The van der Waals surface area contributed by atoms with E-state index in [1.807, 2.05) is 6.92 Å². The Balaban J connectivity index is 1.52. The summed E-state index contributed by atoms with van der Waals surface area (Å²) in [7, 11) is 0. The summed E-state index contributed by atoms with van der Waals surface area (Å²) in [5.41, 5.74) is 0.661. The molecule has 0 bridgehead atoms. The quantitative estimate of drug-likeness (QED) is 0.377. The van der Waals surface area contributed by atoms with Gasteiger partial charge >= 0.3 is 0 Å². The third kappa shape index (κ3) is 5.41. The number of nitrogens with zero attached hydrogens (tertiary/aromatic N) is 4. The minimum atomic E-state index is -0.444. The molecule has 1 aliphatic heterocycles. The van der Waals surface area contributed by atoms with Gasteiger partial charge in [-0.1, -0.05) is 19.8 Å². The molecule has 1 amide bonds. The van der Waals surface area contributed by atoms with Crippen molar-refractivity contribution >= 4 is 11.6 Å². The first kappa shape index (κ1) is 21.9. The molecule has 9 nitrogen and oxygen atoms in total. The number of nitrogens with one attached hydrogen (secondary N) is 1. The van der Waals surface area contributed by atoms with Gasteiger partial charge in [-0.05, 0) is 51.4 Å². The molecule has 2 aromatic rings. The number of non-ortho nitro benzene ring substituents is 1. The predicted molar refractivity (Wildman–Crippen MR) is 112 cm³/mol. The number of rotatable bonds is 9. The summed E-state index contributed by atoms with van der Waals surface area (Å²) < 4.78 is 5.82. The number of aromatic nitrogens is 2. The minimum absolute atomic E-state index is 0.0177. The van der Waals surface area contributed by atoms with Gasteiger partial charge in [-0.3, -0.25) is 19.8 Å². The first-order valence-electron chi connectivity index (χ1n) is 10.6. The molecule has 1 atom stereocenters. The first-order valence-corrected chi connectivity index (χ1v) is 10.6. The van der Waals surface area contributed by atoms with Crippen molar-refractivity contribution in [1.82, 2.24) is 20.4 Å². The zero-order valence-electron chi connectivity index (χ0n) is 17.5. The predicted octanol–water partition coefficient (Wildman–Crippen LogP) is 3.72. The highest BCUT2D eigenvalue weighted by molar-refractivity contribution is 5.78. The number of nitro groups is 1. The average molecular weight is 415 g/mol. The molecule has 0 aliphatic carbocycles. The van der Waals surface area contributed by atoms with Crippen LogP contribution in [-0.2, 0) is 4.79 Å². The van der Waals surface area contributed by atoms with Crippen LogP contribution in [0.15, 0.2) is 28.7 Å². The number of carbonyl (C=O) groups excluding carboxylic acids is 1. The molecule has 0 saturated carbocycles. The van der Waals surface area contributed by atoms with E-state index in [9.17, 15) is 14.9 Å². The minimum Gasteiger partial charge on any atom is -0.419 e. The van der Waals surface area contributed by atoms with E-state index in [2.05, 4.69) is 27.3 Å². The van der Waals surface area contributed by atoms with E-state index in [0.717, 1.165) is 51.7 Å².